The first-order valence-corrected chi connectivity index (χ1v) is 10.4. The van der Waals surface area contributed by atoms with Crippen LogP contribution in [0.15, 0.2) is 29.3 Å². The Morgan fingerprint density at radius 2 is 2.12 bits per heavy atom. The molecule has 25 heavy (non-hydrogen) atoms. The fourth-order valence-electron chi connectivity index (χ4n) is 2.98. The smallest absolute Gasteiger partial charge is 0.384 e. The third-order valence-electron chi connectivity index (χ3n) is 4.08. The second-order valence-corrected chi connectivity index (χ2v) is 9.10. The Balaban J connectivity index is 1.94. The standard InChI is InChI=1S/C15H17F3N2O3S2/c1-23-5-6-24-14-19-12-8-25(21,22)9-13(12)20(14)11-4-2-3-10(7-11)15(16,17)18/h2-4,7,12-13H,5-6,8-9H2,1H3/t12-,13-/m1/s1. The van der Waals surface area contributed by atoms with Crippen molar-refractivity contribution in [1.29, 1.82) is 0 Å². The number of hydrogen-bond donors (Lipinski definition) is 0. The third kappa shape index (κ3) is 3.95. The number of sulfone groups is 1. The van der Waals surface area contributed by atoms with Crippen molar-refractivity contribution in [3.8, 4) is 0 Å². The number of ether oxygens (including phenoxy) is 1. The maximum Gasteiger partial charge on any atom is 0.416 e. The summed E-state index contributed by atoms with van der Waals surface area (Å²) in [5.41, 5.74) is -0.460. The zero-order chi connectivity index (χ0) is 18.2. The number of benzene rings is 1. The average molecular weight is 394 g/mol. The molecule has 0 unspecified atom stereocenters. The number of alkyl halides is 3. The SMILES string of the molecule is COCCSC1=N[C@@H]2CS(=O)(=O)C[C@H]2N1c1cccc(C(F)(F)F)c1. The summed E-state index contributed by atoms with van der Waals surface area (Å²) >= 11 is 1.36. The first kappa shape index (κ1) is 18.5. The van der Waals surface area contributed by atoms with Crippen LogP contribution >= 0.6 is 11.8 Å². The van der Waals surface area contributed by atoms with E-state index < -0.39 is 33.7 Å². The van der Waals surface area contributed by atoms with E-state index in [0.29, 0.717) is 23.2 Å². The molecule has 0 radical (unpaired) electrons. The van der Waals surface area contributed by atoms with E-state index in [-0.39, 0.29) is 11.5 Å². The summed E-state index contributed by atoms with van der Waals surface area (Å²) in [5, 5.41) is 0.543. The van der Waals surface area contributed by atoms with E-state index in [0.717, 1.165) is 12.1 Å². The van der Waals surface area contributed by atoms with Gasteiger partial charge in [0, 0.05) is 18.6 Å². The van der Waals surface area contributed by atoms with Crippen LogP contribution in [0, 0.1) is 0 Å². The fraction of sp³-hybridized carbons (Fsp3) is 0.533. The Hall–Kier alpha value is -1.26. The van der Waals surface area contributed by atoms with Gasteiger partial charge < -0.3 is 9.64 Å². The molecule has 2 aliphatic heterocycles. The molecule has 1 saturated heterocycles. The van der Waals surface area contributed by atoms with Crippen LogP contribution in [0.25, 0.3) is 0 Å². The van der Waals surface area contributed by atoms with E-state index in [1.54, 1.807) is 18.1 Å². The quantitative estimate of drug-likeness (QED) is 0.734. The van der Waals surface area contributed by atoms with Gasteiger partial charge in [-0.05, 0) is 18.2 Å². The summed E-state index contributed by atoms with van der Waals surface area (Å²) in [7, 11) is -1.68. The lowest BCUT2D eigenvalue weighted by Gasteiger charge is -2.27. The normalized spacial score (nSPS) is 25.1. The lowest BCUT2D eigenvalue weighted by atomic mass is 10.1. The lowest BCUT2D eigenvalue weighted by Crippen LogP contribution is -2.39. The minimum absolute atomic E-state index is 0.0680. The lowest BCUT2D eigenvalue weighted by molar-refractivity contribution is -0.137. The monoisotopic (exact) mass is 394 g/mol. The minimum atomic E-state index is -4.46. The van der Waals surface area contributed by atoms with Crippen molar-refractivity contribution in [2.45, 2.75) is 18.3 Å². The summed E-state index contributed by atoms with van der Waals surface area (Å²) < 4.78 is 67.9. The first-order chi connectivity index (χ1) is 11.7. The Morgan fingerprint density at radius 3 is 2.80 bits per heavy atom. The van der Waals surface area contributed by atoms with Gasteiger partial charge in [0.1, 0.15) is 0 Å². The topological polar surface area (TPSA) is 59.0 Å². The second kappa shape index (κ2) is 6.81. The molecular formula is C15H17F3N2O3S2. The Morgan fingerprint density at radius 1 is 1.36 bits per heavy atom. The number of methoxy groups -OCH3 is 1. The van der Waals surface area contributed by atoms with Crippen molar-refractivity contribution in [1.82, 2.24) is 0 Å². The van der Waals surface area contributed by atoms with E-state index >= 15 is 0 Å². The Bertz CT molecular complexity index is 780. The summed E-state index contributed by atoms with van der Waals surface area (Å²) in [4.78, 5) is 6.09. The number of rotatable bonds is 4. The van der Waals surface area contributed by atoms with Crippen LogP contribution in [0.3, 0.4) is 0 Å². The Labute approximate surface area is 148 Å². The Kier molecular flexibility index (Phi) is 5.04. The zero-order valence-electron chi connectivity index (χ0n) is 13.4. The molecule has 3 rings (SSSR count). The molecule has 10 heteroatoms. The van der Waals surface area contributed by atoms with Gasteiger partial charge in [0.25, 0.3) is 0 Å². The van der Waals surface area contributed by atoms with Gasteiger partial charge in [-0.3, -0.25) is 4.99 Å². The fourth-order valence-corrected chi connectivity index (χ4v) is 5.85. The van der Waals surface area contributed by atoms with Crippen molar-refractivity contribution in [2.75, 3.05) is 35.9 Å². The van der Waals surface area contributed by atoms with Gasteiger partial charge in [0.15, 0.2) is 15.0 Å². The molecule has 0 N–H and O–H groups in total. The van der Waals surface area contributed by atoms with Gasteiger partial charge in [-0.2, -0.15) is 13.2 Å². The van der Waals surface area contributed by atoms with Gasteiger partial charge in [-0.25, -0.2) is 8.42 Å². The molecule has 1 aromatic rings. The predicted octanol–water partition coefficient (Wildman–Crippen LogP) is 2.43. The molecule has 0 bridgehead atoms. The van der Waals surface area contributed by atoms with Crippen molar-refractivity contribution < 1.29 is 26.3 Å². The number of thioether (sulfide) groups is 1. The van der Waals surface area contributed by atoms with Crippen LogP contribution in [0.2, 0.25) is 0 Å². The summed E-state index contributed by atoms with van der Waals surface area (Å²) in [6.45, 7) is 0.466. The molecule has 0 spiro atoms. The largest absolute Gasteiger partial charge is 0.416 e. The first-order valence-electron chi connectivity index (χ1n) is 7.58. The molecular weight excluding hydrogens is 377 g/mol. The number of nitrogens with zero attached hydrogens (tertiary/aromatic N) is 2. The van der Waals surface area contributed by atoms with Gasteiger partial charge in [-0.1, -0.05) is 17.8 Å². The molecule has 0 amide bonds. The van der Waals surface area contributed by atoms with E-state index in [1.165, 1.54) is 17.8 Å². The average Bonchev–Trinajstić information content (AvgIpc) is 2.98. The van der Waals surface area contributed by atoms with Crippen LogP contribution in [0.1, 0.15) is 5.56 Å². The maximum absolute atomic E-state index is 13.0. The van der Waals surface area contributed by atoms with Gasteiger partial charge in [0.05, 0.1) is 35.8 Å². The van der Waals surface area contributed by atoms with E-state index in [9.17, 15) is 21.6 Å². The minimum Gasteiger partial charge on any atom is -0.384 e. The highest BCUT2D eigenvalue weighted by molar-refractivity contribution is 8.14. The molecule has 2 heterocycles. The number of aliphatic imine (C=N–C) groups is 1. The third-order valence-corrected chi connectivity index (χ3v) is 6.71. The number of halogens is 3. The molecule has 0 aromatic heterocycles. The summed E-state index contributed by atoms with van der Waals surface area (Å²) in [5.74, 6) is 0.407. The molecule has 2 aliphatic rings. The number of anilines is 1. The van der Waals surface area contributed by atoms with Crippen molar-refractivity contribution in [2.24, 2.45) is 4.99 Å². The van der Waals surface area contributed by atoms with Crippen LogP contribution < -0.4 is 4.90 Å². The van der Waals surface area contributed by atoms with Gasteiger partial charge >= 0.3 is 6.18 Å². The molecule has 1 aromatic carbocycles. The van der Waals surface area contributed by atoms with Gasteiger partial charge in [-0.15, -0.1) is 0 Å². The van der Waals surface area contributed by atoms with Crippen molar-refractivity contribution in [3.05, 3.63) is 29.8 Å². The van der Waals surface area contributed by atoms with Crippen LogP contribution in [-0.4, -0.2) is 56.6 Å². The maximum atomic E-state index is 13.0. The molecule has 0 aliphatic carbocycles. The van der Waals surface area contributed by atoms with Crippen molar-refractivity contribution >= 4 is 32.5 Å². The molecule has 0 saturated carbocycles. The van der Waals surface area contributed by atoms with Gasteiger partial charge in [0.2, 0.25) is 0 Å². The second-order valence-electron chi connectivity index (χ2n) is 5.88. The number of hydrogen-bond acceptors (Lipinski definition) is 6. The van der Waals surface area contributed by atoms with Crippen LogP contribution in [0.4, 0.5) is 18.9 Å². The molecule has 2 atom stereocenters. The van der Waals surface area contributed by atoms with E-state index in [1.807, 2.05) is 0 Å². The van der Waals surface area contributed by atoms with Crippen LogP contribution in [0.5, 0.6) is 0 Å². The summed E-state index contributed by atoms with van der Waals surface area (Å²) in [6, 6.07) is 4.02. The van der Waals surface area contributed by atoms with Crippen LogP contribution in [-0.2, 0) is 20.8 Å². The highest BCUT2D eigenvalue weighted by Gasteiger charge is 2.47. The molecule has 5 nitrogen and oxygen atoms in total. The highest BCUT2D eigenvalue weighted by Crippen LogP contribution is 2.37. The zero-order valence-corrected chi connectivity index (χ0v) is 15.0. The number of fused-ring (bicyclic) bond motifs is 1. The molecule has 138 valence electrons. The molecule has 1 fully saturated rings. The van der Waals surface area contributed by atoms with E-state index in [4.69, 9.17) is 4.74 Å². The highest BCUT2D eigenvalue weighted by atomic mass is 32.2. The number of amidine groups is 1. The van der Waals surface area contributed by atoms with E-state index in [2.05, 4.69) is 4.99 Å². The summed E-state index contributed by atoms with van der Waals surface area (Å²) in [6.07, 6.45) is -4.46. The van der Waals surface area contributed by atoms with Crippen molar-refractivity contribution in [3.63, 3.8) is 0 Å². The predicted molar refractivity (Wildman–Crippen MR) is 91.9 cm³/mol.